The average molecular weight is 318 g/mol. The van der Waals surface area contributed by atoms with Crippen LogP contribution in [-0.4, -0.2) is 38.8 Å². The van der Waals surface area contributed by atoms with Gasteiger partial charge in [0.1, 0.15) is 12.4 Å². The van der Waals surface area contributed by atoms with Crippen molar-refractivity contribution >= 4 is 27.5 Å². The van der Waals surface area contributed by atoms with Crippen LogP contribution in [0, 0.1) is 0 Å². The van der Waals surface area contributed by atoms with Crippen LogP contribution in [0.5, 0.6) is 5.75 Å². The van der Waals surface area contributed by atoms with E-state index < -0.39 is 10.0 Å². The standard InChI is InChI=1S/C13H22N2O3S2/c1-11(7-9-19-2)15-20(16,17)10-8-18-13-5-3-12(14)4-6-13/h3-6,11,15H,7-10,14H2,1-2H3. The zero-order valence-corrected chi connectivity index (χ0v) is 13.5. The number of ether oxygens (including phenoxy) is 1. The fourth-order valence-corrected chi connectivity index (χ4v) is 3.29. The Kier molecular flexibility index (Phi) is 7.18. The third kappa shape index (κ3) is 7.02. The number of sulfonamides is 1. The Hall–Kier alpha value is -0.920. The highest BCUT2D eigenvalue weighted by atomic mass is 32.2. The van der Waals surface area contributed by atoms with Gasteiger partial charge in [0, 0.05) is 11.7 Å². The lowest BCUT2D eigenvalue weighted by atomic mass is 10.3. The fourth-order valence-electron chi connectivity index (χ4n) is 1.55. The van der Waals surface area contributed by atoms with Crippen LogP contribution in [0.25, 0.3) is 0 Å². The lowest BCUT2D eigenvalue weighted by Crippen LogP contribution is -2.36. The van der Waals surface area contributed by atoms with Crippen molar-refractivity contribution in [2.24, 2.45) is 0 Å². The molecule has 3 N–H and O–H groups in total. The number of rotatable bonds is 9. The van der Waals surface area contributed by atoms with Crippen molar-refractivity contribution < 1.29 is 13.2 Å². The summed E-state index contributed by atoms with van der Waals surface area (Å²) >= 11 is 1.70. The molecule has 1 atom stereocenters. The normalized spacial score (nSPS) is 13.1. The third-order valence-corrected chi connectivity index (χ3v) is 4.75. The predicted octanol–water partition coefficient (Wildman–Crippen LogP) is 1.71. The zero-order chi connectivity index (χ0) is 15.0. The number of hydrogen-bond donors (Lipinski definition) is 2. The van der Waals surface area contributed by atoms with Gasteiger partial charge in [0.05, 0.1) is 5.75 Å². The lowest BCUT2D eigenvalue weighted by Gasteiger charge is -2.14. The maximum Gasteiger partial charge on any atom is 0.215 e. The second-order valence-corrected chi connectivity index (χ2v) is 7.40. The molecular weight excluding hydrogens is 296 g/mol. The van der Waals surface area contributed by atoms with E-state index in [9.17, 15) is 8.42 Å². The van der Waals surface area contributed by atoms with E-state index in [2.05, 4.69) is 4.72 Å². The molecule has 114 valence electrons. The van der Waals surface area contributed by atoms with Gasteiger partial charge in [-0.25, -0.2) is 13.1 Å². The molecule has 0 bridgehead atoms. The van der Waals surface area contributed by atoms with Crippen molar-refractivity contribution in [1.82, 2.24) is 4.72 Å². The van der Waals surface area contributed by atoms with Crippen molar-refractivity contribution in [2.75, 3.05) is 30.1 Å². The monoisotopic (exact) mass is 318 g/mol. The van der Waals surface area contributed by atoms with E-state index in [1.165, 1.54) is 0 Å². The highest BCUT2D eigenvalue weighted by Gasteiger charge is 2.14. The van der Waals surface area contributed by atoms with Gasteiger partial charge in [-0.1, -0.05) is 0 Å². The van der Waals surface area contributed by atoms with Gasteiger partial charge in [0.15, 0.2) is 0 Å². The summed E-state index contributed by atoms with van der Waals surface area (Å²) < 4.78 is 31.7. The number of nitrogens with one attached hydrogen (secondary N) is 1. The Morgan fingerprint density at radius 2 is 2.00 bits per heavy atom. The van der Waals surface area contributed by atoms with E-state index in [1.54, 1.807) is 36.0 Å². The molecule has 5 nitrogen and oxygen atoms in total. The summed E-state index contributed by atoms with van der Waals surface area (Å²) in [4.78, 5) is 0. The summed E-state index contributed by atoms with van der Waals surface area (Å²) in [6, 6.07) is 6.82. The minimum atomic E-state index is -3.30. The Bertz CT molecular complexity index is 489. The molecule has 1 aromatic carbocycles. The van der Waals surface area contributed by atoms with Crippen LogP contribution in [0.4, 0.5) is 5.69 Å². The van der Waals surface area contributed by atoms with Gasteiger partial charge in [-0.15, -0.1) is 0 Å². The molecule has 0 saturated carbocycles. The fraction of sp³-hybridized carbons (Fsp3) is 0.538. The first-order valence-corrected chi connectivity index (χ1v) is 9.45. The minimum Gasteiger partial charge on any atom is -0.492 e. The van der Waals surface area contributed by atoms with Gasteiger partial charge >= 0.3 is 0 Å². The molecule has 0 heterocycles. The quantitative estimate of drug-likeness (QED) is 0.677. The van der Waals surface area contributed by atoms with Gasteiger partial charge in [0.2, 0.25) is 10.0 Å². The van der Waals surface area contributed by atoms with Gasteiger partial charge in [-0.05, 0) is 49.6 Å². The van der Waals surface area contributed by atoms with E-state index in [1.807, 2.05) is 13.2 Å². The molecule has 0 saturated heterocycles. The number of anilines is 1. The maximum atomic E-state index is 11.8. The van der Waals surface area contributed by atoms with Crippen molar-refractivity contribution in [3.63, 3.8) is 0 Å². The molecule has 0 radical (unpaired) electrons. The van der Waals surface area contributed by atoms with Crippen molar-refractivity contribution in [1.29, 1.82) is 0 Å². The maximum absolute atomic E-state index is 11.8. The number of nitrogen functional groups attached to an aromatic ring is 1. The Morgan fingerprint density at radius 3 is 2.60 bits per heavy atom. The zero-order valence-electron chi connectivity index (χ0n) is 11.8. The number of thioether (sulfide) groups is 1. The van der Waals surface area contributed by atoms with Crippen LogP contribution >= 0.6 is 11.8 Å². The van der Waals surface area contributed by atoms with E-state index in [0.717, 1.165) is 12.2 Å². The van der Waals surface area contributed by atoms with Crippen LogP contribution in [0.1, 0.15) is 13.3 Å². The SMILES string of the molecule is CSCCC(C)NS(=O)(=O)CCOc1ccc(N)cc1. The van der Waals surface area contributed by atoms with Crippen LogP contribution in [-0.2, 0) is 10.0 Å². The van der Waals surface area contributed by atoms with E-state index in [-0.39, 0.29) is 18.4 Å². The summed E-state index contributed by atoms with van der Waals surface area (Å²) in [6.45, 7) is 1.99. The van der Waals surface area contributed by atoms with Crippen molar-refractivity contribution in [3.05, 3.63) is 24.3 Å². The Morgan fingerprint density at radius 1 is 1.35 bits per heavy atom. The summed E-state index contributed by atoms with van der Waals surface area (Å²) in [5.74, 6) is 1.50. The summed E-state index contributed by atoms with van der Waals surface area (Å²) in [5, 5.41) is 0. The molecule has 1 unspecified atom stereocenters. The van der Waals surface area contributed by atoms with Gasteiger partial charge in [-0.3, -0.25) is 0 Å². The molecule has 0 aromatic heterocycles. The topological polar surface area (TPSA) is 81.4 Å². The van der Waals surface area contributed by atoms with Crippen molar-refractivity contribution in [3.8, 4) is 5.75 Å². The smallest absolute Gasteiger partial charge is 0.215 e. The Balaban J connectivity index is 2.34. The van der Waals surface area contributed by atoms with E-state index >= 15 is 0 Å². The minimum absolute atomic E-state index is 0.0519. The first-order valence-electron chi connectivity index (χ1n) is 6.40. The second kappa shape index (κ2) is 8.39. The molecule has 0 aliphatic carbocycles. The number of benzene rings is 1. The molecule has 1 aromatic rings. The second-order valence-electron chi connectivity index (χ2n) is 4.54. The molecule has 0 aliphatic heterocycles. The van der Waals surface area contributed by atoms with Gasteiger partial charge in [0.25, 0.3) is 0 Å². The molecule has 0 fully saturated rings. The van der Waals surface area contributed by atoms with E-state index in [4.69, 9.17) is 10.5 Å². The molecule has 0 amide bonds. The van der Waals surface area contributed by atoms with Gasteiger partial charge < -0.3 is 10.5 Å². The third-order valence-electron chi connectivity index (χ3n) is 2.64. The average Bonchev–Trinajstić information content (AvgIpc) is 2.38. The molecule has 1 rings (SSSR count). The molecule has 20 heavy (non-hydrogen) atoms. The van der Waals surface area contributed by atoms with Crippen LogP contribution in [0.3, 0.4) is 0 Å². The van der Waals surface area contributed by atoms with Gasteiger partial charge in [-0.2, -0.15) is 11.8 Å². The lowest BCUT2D eigenvalue weighted by molar-refractivity contribution is 0.340. The van der Waals surface area contributed by atoms with Crippen LogP contribution in [0.15, 0.2) is 24.3 Å². The number of hydrogen-bond acceptors (Lipinski definition) is 5. The molecule has 0 spiro atoms. The molecule has 7 heteroatoms. The molecular formula is C13H22N2O3S2. The summed E-state index contributed by atoms with van der Waals surface area (Å²) in [5.41, 5.74) is 6.20. The van der Waals surface area contributed by atoms with Crippen LogP contribution < -0.4 is 15.2 Å². The van der Waals surface area contributed by atoms with Crippen LogP contribution in [0.2, 0.25) is 0 Å². The highest BCUT2D eigenvalue weighted by Crippen LogP contribution is 2.13. The van der Waals surface area contributed by atoms with E-state index in [0.29, 0.717) is 11.4 Å². The predicted molar refractivity (Wildman–Crippen MR) is 85.7 cm³/mol. The number of nitrogens with two attached hydrogens (primary N) is 1. The summed E-state index contributed by atoms with van der Waals surface area (Å²) in [6.07, 6.45) is 2.82. The highest BCUT2D eigenvalue weighted by molar-refractivity contribution is 7.98. The Labute approximate surface area is 125 Å². The van der Waals surface area contributed by atoms with Crippen molar-refractivity contribution in [2.45, 2.75) is 19.4 Å². The first-order chi connectivity index (χ1) is 9.43. The largest absolute Gasteiger partial charge is 0.492 e. The first kappa shape index (κ1) is 17.1. The summed E-state index contributed by atoms with van der Waals surface area (Å²) in [7, 11) is -3.30. The molecule has 0 aliphatic rings.